The van der Waals surface area contributed by atoms with E-state index in [2.05, 4.69) is 18.3 Å². The summed E-state index contributed by atoms with van der Waals surface area (Å²) < 4.78 is 5.37. The van der Waals surface area contributed by atoms with Crippen LogP contribution in [0.5, 0.6) is 5.75 Å². The summed E-state index contributed by atoms with van der Waals surface area (Å²) in [6.07, 6.45) is 0. The third-order valence-corrected chi connectivity index (χ3v) is 4.65. The van der Waals surface area contributed by atoms with E-state index in [0.717, 1.165) is 33.9 Å². The maximum absolute atomic E-state index is 12.2. The van der Waals surface area contributed by atoms with E-state index in [1.807, 2.05) is 44.2 Å². The molecule has 1 N–H and O–H groups in total. The van der Waals surface area contributed by atoms with Crippen molar-refractivity contribution in [3.8, 4) is 5.75 Å². The molecule has 0 aliphatic rings. The molecule has 0 aromatic heterocycles. The van der Waals surface area contributed by atoms with Gasteiger partial charge in [0.05, 0.1) is 12.9 Å². The van der Waals surface area contributed by atoms with Crippen molar-refractivity contribution in [2.24, 2.45) is 0 Å². The summed E-state index contributed by atoms with van der Waals surface area (Å²) in [6.45, 7) is 6.07. The number of nitrogens with one attached hydrogen (secondary N) is 1. The van der Waals surface area contributed by atoms with Crippen LogP contribution in [0.15, 0.2) is 36.4 Å². The van der Waals surface area contributed by atoms with E-state index < -0.39 is 0 Å². The van der Waals surface area contributed by atoms with Crippen molar-refractivity contribution in [3.05, 3.63) is 58.7 Å². The molecule has 4 heteroatoms. The van der Waals surface area contributed by atoms with Gasteiger partial charge >= 0.3 is 0 Å². The Morgan fingerprint density at radius 1 is 1.13 bits per heavy atom. The third kappa shape index (κ3) is 4.76. The molecule has 0 atom stereocenters. The molecule has 1 amide bonds. The molecule has 0 aliphatic heterocycles. The van der Waals surface area contributed by atoms with Crippen molar-refractivity contribution < 1.29 is 9.53 Å². The molecule has 0 fully saturated rings. The molecule has 0 aliphatic carbocycles. The molecular formula is C19H23NO2S. The third-order valence-electron chi connectivity index (χ3n) is 3.67. The van der Waals surface area contributed by atoms with Gasteiger partial charge in [-0.1, -0.05) is 35.9 Å². The van der Waals surface area contributed by atoms with E-state index in [0.29, 0.717) is 5.75 Å². The molecule has 2 aromatic carbocycles. The number of carbonyl (C=O) groups excluding carboxylic acids is 1. The lowest BCUT2D eigenvalue weighted by Crippen LogP contribution is -2.15. The Labute approximate surface area is 142 Å². The van der Waals surface area contributed by atoms with Crippen LogP contribution in [0.3, 0.4) is 0 Å². The normalized spacial score (nSPS) is 10.4. The zero-order valence-corrected chi connectivity index (χ0v) is 14.9. The summed E-state index contributed by atoms with van der Waals surface area (Å²) in [5.41, 5.74) is 5.41. The number of carbonyl (C=O) groups is 1. The molecule has 2 aromatic rings. The molecular weight excluding hydrogens is 306 g/mol. The molecule has 122 valence electrons. The largest absolute Gasteiger partial charge is 0.496 e. The van der Waals surface area contributed by atoms with Gasteiger partial charge in [0.15, 0.2) is 0 Å². The van der Waals surface area contributed by atoms with Crippen molar-refractivity contribution in [1.82, 2.24) is 0 Å². The van der Waals surface area contributed by atoms with Crippen LogP contribution in [-0.4, -0.2) is 18.8 Å². The first-order valence-corrected chi connectivity index (χ1v) is 8.74. The fourth-order valence-electron chi connectivity index (χ4n) is 2.46. The second-order valence-electron chi connectivity index (χ2n) is 5.62. The first-order valence-electron chi connectivity index (χ1n) is 7.58. The Hall–Kier alpha value is -1.94. The van der Waals surface area contributed by atoms with E-state index in [1.54, 1.807) is 18.9 Å². The first kappa shape index (κ1) is 17.4. The van der Waals surface area contributed by atoms with Crippen LogP contribution in [0.4, 0.5) is 5.69 Å². The molecule has 0 spiro atoms. The van der Waals surface area contributed by atoms with Gasteiger partial charge in [0.2, 0.25) is 5.91 Å². The van der Waals surface area contributed by atoms with Gasteiger partial charge < -0.3 is 10.1 Å². The smallest absolute Gasteiger partial charge is 0.234 e. The Balaban J connectivity index is 1.92. The van der Waals surface area contributed by atoms with Gasteiger partial charge in [0.25, 0.3) is 0 Å². The van der Waals surface area contributed by atoms with E-state index in [1.165, 1.54) is 5.56 Å². The maximum atomic E-state index is 12.2. The van der Waals surface area contributed by atoms with Crippen molar-refractivity contribution in [2.45, 2.75) is 26.5 Å². The van der Waals surface area contributed by atoms with E-state index >= 15 is 0 Å². The number of anilines is 1. The number of amides is 1. The minimum absolute atomic E-state index is 0.0269. The molecule has 0 saturated heterocycles. The highest BCUT2D eigenvalue weighted by Crippen LogP contribution is 2.25. The van der Waals surface area contributed by atoms with Crippen LogP contribution < -0.4 is 10.1 Å². The van der Waals surface area contributed by atoms with Crippen LogP contribution in [-0.2, 0) is 10.5 Å². The van der Waals surface area contributed by atoms with Gasteiger partial charge in [-0.25, -0.2) is 0 Å². The highest BCUT2D eigenvalue weighted by atomic mass is 32.2. The van der Waals surface area contributed by atoms with Crippen molar-refractivity contribution >= 4 is 23.4 Å². The van der Waals surface area contributed by atoms with Crippen LogP contribution in [0, 0.1) is 20.8 Å². The summed E-state index contributed by atoms with van der Waals surface area (Å²) in [6, 6.07) is 12.1. The number of methoxy groups -OCH3 is 1. The Morgan fingerprint density at radius 3 is 2.48 bits per heavy atom. The molecule has 0 heterocycles. The standard InChI is InChI=1S/C19H23NO2S/c1-13-8-9-17(22-4)16(10-13)11-23-12-18(21)20-19-14(2)6-5-7-15(19)3/h5-10H,11-12H2,1-4H3,(H,20,21). The monoisotopic (exact) mass is 329 g/mol. The summed E-state index contributed by atoms with van der Waals surface area (Å²) in [5.74, 6) is 2.08. The van der Waals surface area contributed by atoms with Gasteiger partial charge in [0.1, 0.15) is 5.75 Å². The zero-order valence-electron chi connectivity index (χ0n) is 14.1. The molecule has 2 rings (SSSR count). The van der Waals surface area contributed by atoms with Crippen molar-refractivity contribution in [2.75, 3.05) is 18.2 Å². The van der Waals surface area contributed by atoms with Crippen LogP contribution >= 0.6 is 11.8 Å². The Bertz CT molecular complexity index is 678. The number of rotatable bonds is 6. The van der Waals surface area contributed by atoms with Gasteiger partial charge in [0, 0.05) is 17.0 Å². The van der Waals surface area contributed by atoms with Gasteiger partial charge in [-0.05, 0) is 38.0 Å². The second kappa shape index (κ2) is 8.06. The lowest BCUT2D eigenvalue weighted by Gasteiger charge is -2.12. The number of aryl methyl sites for hydroxylation is 3. The van der Waals surface area contributed by atoms with E-state index in [9.17, 15) is 4.79 Å². The summed E-state index contributed by atoms with van der Waals surface area (Å²) in [4.78, 5) is 12.2. The van der Waals surface area contributed by atoms with E-state index in [-0.39, 0.29) is 5.91 Å². The van der Waals surface area contributed by atoms with Crippen LogP contribution in [0.2, 0.25) is 0 Å². The maximum Gasteiger partial charge on any atom is 0.234 e. The van der Waals surface area contributed by atoms with Crippen LogP contribution in [0.1, 0.15) is 22.3 Å². The summed E-state index contributed by atoms with van der Waals surface area (Å²) in [5, 5.41) is 3.01. The predicted octanol–water partition coefficient (Wildman–Crippen LogP) is 4.49. The average Bonchev–Trinajstić information content (AvgIpc) is 2.51. The quantitative estimate of drug-likeness (QED) is 0.848. The highest BCUT2D eigenvalue weighted by molar-refractivity contribution is 7.99. The Kier molecular flexibility index (Phi) is 6.11. The Morgan fingerprint density at radius 2 is 1.83 bits per heavy atom. The zero-order chi connectivity index (χ0) is 16.8. The van der Waals surface area contributed by atoms with Crippen LogP contribution in [0.25, 0.3) is 0 Å². The number of para-hydroxylation sites is 1. The van der Waals surface area contributed by atoms with Gasteiger partial charge in [-0.2, -0.15) is 0 Å². The number of hydrogen-bond donors (Lipinski definition) is 1. The fourth-order valence-corrected chi connectivity index (χ4v) is 3.27. The molecule has 0 bridgehead atoms. The molecule has 0 radical (unpaired) electrons. The number of ether oxygens (including phenoxy) is 1. The second-order valence-corrected chi connectivity index (χ2v) is 6.61. The highest BCUT2D eigenvalue weighted by Gasteiger charge is 2.09. The molecule has 23 heavy (non-hydrogen) atoms. The SMILES string of the molecule is COc1ccc(C)cc1CSCC(=O)Nc1c(C)cccc1C. The van der Waals surface area contributed by atoms with E-state index in [4.69, 9.17) is 4.74 Å². The summed E-state index contributed by atoms with van der Waals surface area (Å²) in [7, 11) is 1.67. The number of thioether (sulfide) groups is 1. The predicted molar refractivity (Wildman–Crippen MR) is 98.4 cm³/mol. The minimum Gasteiger partial charge on any atom is -0.496 e. The van der Waals surface area contributed by atoms with Crippen molar-refractivity contribution in [1.29, 1.82) is 0 Å². The average molecular weight is 329 g/mol. The molecule has 0 saturated carbocycles. The van der Waals surface area contributed by atoms with Gasteiger partial charge in [-0.3, -0.25) is 4.79 Å². The van der Waals surface area contributed by atoms with Gasteiger partial charge in [-0.15, -0.1) is 11.8 Å². The number of benzene rings is 2. The van der Waals surface area contributed by atoms with Crippen molar-refractivity contribution in [3.63, 3.8) is 0 Å². The number of hydrogen-bond acceptors (Lipinski definition) is 3. The molecule has 3 nitrogen and oxygen atoms in total. The first-order chi connectivity index (χ1) is 11.0. The summed E-state index contributed by atoms with van der Waals surface area (Å²) >= 11 is 1.59. The fraction of sp³-hybridized carbons (Fsp3) is 0.316. The molecule has 0 unspecified atom stereocenters. The minimum atomic E-state index is 0.0269. The topological polar surface area (TPSA) is 38.3 Å². The lowest BCUT2D eigenvalue weighted by molar-refractivity contribution is -0.113. The lowest BCUT2D eigenvalue weighted by atomic mass is 10.1.